The molecule has 0 radical (unpaired) electrons. The Kier molecular flexibility index (Phi) is 3.43. The Morgan fingerprint density at radius 2 is 2.06 bits per heavy atom. The Hall–Kier alpha value is -0.480. The zero-order valence-electron chi connectivity index (χ0n) is 9.60. The average molecular weight is 311 g/mol. The molecule has 0 spiro atoms. The fraction of sp³-hybridized carbons (Fsp3) is 0.462. The molecule has 0 aliphatic carbocycles. The van der Waals surface area contributed by atoms with E-state index in [0.29, 0.717) is 0 Å². The van der Waals surface area contributed by atoms with Crippen LogP contribution in [0.3, 0.4) is 0 Å². The van der Waals surface area contributed by atoms with Crippen LogP contribution in [0.15, 0.2) is 33.7 Å². The number of hydrogen-bond acceptors (Lipinski definition) is 2. The van der Waals surface area contributed by atoms with Crippen LogP contribution in [0.2, 0.25) is 0 Å². The van der Waals surface area contributed by atoms with Crippen molar-refractivity contribution in [2.45, 2.75) is 25.3 Å². The lowest BCUT2D eigenvalue weighted by atomic mass is 10.2. The lowest BCUT2D eigenvalue weighted by Crippen LogP contribution is -2.37. The summed E-state index contributed by atoms with van der Waals surface area (Å²) in [5, 5.41) is 1.22. The number of halogens is 1. The molecular formula is C13H15BrN2S. The summed E-state index contributed by atoms with van der Waals surface area (Å²) in [6.07, 6.45) is 3.99. The van der Waals surface area contributed by atoms with E-state index in [1.54, 1.807) is 0 Å². The van der Waals surface area contributed by atoms with E-state index in [-0.39, 0.29) is 0 Å². The summed E-state index contributed by atoms with van der Waals surface area (Å²) >= 11 is 5.35. The lowest BCUT2D eigenvalue weighted by Gasteiger charge is -2.31. The van der Waals surface area contributed by atoms with E-state index in [9.17, 15) is 0 Å². The van der Waals surface area contributed by atoms with Crippen molar-refractivity contribution in [2.75, 3.05) is 12.3 Å². The smallest absolute Gasteiger partial charge is 0.164 e. The molecule has 2 aliphatic heterocycles. The van der Waals surface area contributed by atoms with Gasteiger partial charge in [-0.2, -0.15) is 0 Å². The lowest BCUT2D eigenvalue weighted by molar-refractivity contribution is 0.382. The van der Waals surface area contributed by atoms with Gasteiger partial charge in [-0.1, -0.05) is 27.7 Å². The van der Waals surface area contributed by atoms with Crippen LogP contribution in [-0.4, -0.2) is 28.4 Å². The number of amidine groups is 1. The molecule has 17 heavy (non-hydrogen) atoms. The van der Waals surface area contributed by atoms with E-state index < -0.39 is 0 Å². The molecule has 2 saturated heterocycles. The van der Waals surface area contributed by atoms with Crippen LogP contribution < -0.4 is 0 Å². The largest absolute Gasteiger partial charge is 0.348 e. The highest BCUT2D eigenvalue weighted by Gasteiger charge is 2.30. The van der Waals surface area contributed by atoms with Gasteiger partial charge in [0.1, 0.15) is 0 Å². The van der Waals surface area contributed by atoms with Gasteiger partial charge in [0.15, 0.2) is 5.17 Å². The Labute approximate surface area is 115 Å². The van der Waals surface area contributed by atoms with Gasteiger partial charge >= 0.3 is 0 Å². The highest BCUT2D eigenvalue weighted by atomic mass is 79.9. The molecule has 90 valence electrons. The number of rotatable bonds is 1. The van der Waals surface area contributed by atoms with Crippen molar-refractivity contribution in [1.82, 2.24) is 4.90 Å². The molecule has 4 heteroatoms. The predicted molar refractivity (Wildman–Crippen MR) is 78.0 cm³/mol. The molecule has 0 N–H and O–H groups in total. The van der Waals surface area contributed by atoms with Crippen molar-refractivity contribution >= 4 is 38.5 Å². The van der Waals surface area contributed by atoms with Gasteiger partial charge in [-0.25, -0.2) is 4.99 Å². The van der Waals surface area contributed by atoms with Gasteiger partial charge in [0.05, 0.1) is 5.69 Å². The van der Waals surface area contributed by atoms with Crippen molar-refractivity contribution in [1.29, 1.82) is 0 Å². The molecule has 3 rings (SSSR count). The van der Waals surface area contributed by atoms with E-state index >= 15 is 0 Å². The quantitative estimate of drug-likeness (QED) is 0.778. The molecule has 1 unspecified atom stereocenters. The molecule has 0 aromatic heterocycles. The van der Waals surface area contributed by atoms with Crippen LogP contribution in [-0.2, 0) is 0 Å². The van der Waals surface area contributed by atoms with Gasteiger partial charge < -0.3 is 4.90 Å². The van der Waals surface area contributed by atoms with Gasteiger partial charge in [-0.05, 0) is 43.5 Å². The molecule has 0 saturated carbocycles. The normalized spacial score (nSPS) is 26.3. The topological polar surface area (TPSA) is 15.6 Å². The first-order valence-corrected chi connectivity index (χ1v) is 7.84. The first kappa shape index (κ1) is 11.6. The molecule has 2 fully saturated rings. The van der Waals surface area contributed by atoms with Crippen LogP contribution in [0.5, 0.6) is 0 Å². The maximum Gasteiger partial charge on any atom is 0.164 e. The molecule has 2 nitrogen and oxygen atoms in total. The summed E-state index contributed by atoms with van der Waals surface area (Å²) in [4.78, 5) is 7.28. The van der Waals surface area contributed by atoms with E-state index in [0.717, 1.165) is 16.2 Å². The van der Waals surface area contributed by atoms with E-state index in [2.05, 4.69) is 33.0 Å². The second-order valence-electron chi connectivity index (χ2n) is 4.50. The summed E-state index contributed by atoms with van der Waals surface area (Å²) in [7, 11) is 0. The Balaban J connectivity index is 1.84. The standard InChI is InChI=1S/C13H15BrN2S/c14-10-3-5-11(6-4-10)15-13-16-8-1-2-12(16)7-9-17-13/h3-6,12H,1-2,7-9H2. The first-order valence-electron chi connectivity index (χ1n) is 6.06. The fourth-order valence-electron chi connectivity index (χ4n) is 2.48. The third-order valence-corrected chi connectivity index (χ3v) is 4.91. The minimum Gasteiger partial charge on any atom is -0.348 e. The van der Waals surface area contributed by atoms with Crippen molar-refractivity contribution in [3.63, 3.8) is 0 Å². The van der Waals surface area contributed by atoms with Crippen LogP contribution in [0.25, 0.3) is 0 Å². The van der Waals surface area contributed by atoms with Gasteiger partial charge in [0.2, 0.25) is 0 Å². The van der Waals surface area contributed by atoms with Gasteiger partial charge in [-0.3, -0.25) is 0 Å². The highest BCUT2D eigenvalue weighted by Crippen LogP contribution is 2.32. The summed E-state index contributed by atoms with van der Waals surface area (Å²) in [6.45, 7) is 1.19. The van der Waals surface area contributed by atoms with E-state index in [1.807, 2.05) is 23.9 Å². The van der Waals surface area contributed by atoms with E-state index in [4.69, 9.17) is 4.99 Å². The molecule has 1 aromatic carbocycles. The fourth-order valence-corrected chi connectivity index (χ4v) is 3.89. The molecule has 2 aliphatic rings. The van der Waals surface area contributed by atoms with Gasteiger partial charge in [0, 0.05) is 22.8 Å². The number of aliphatic imine (C=N–C) groups is 1. The molecule has 0 amide bonds. The van der Waals surface area contributed by atoms with Crippen molar-refractivity contribution in [3.8, 4) is 0 Å². The van der Waals surface area contributed by atoms with Crippen LogP contribution >= 0.6 is 27.7 Å². The summed E-state index contributed by atoms with van der Waals surface area (Å²) < 4.78 is 1.11. The summed E-state index contributed by atoms with van der Waals surface area (Å²) in [5.74, 6) is 1.22. The molecule has 1 atom stereocenters. The van der Waals surface area contributed by atoms with Crippen LogP contribution in [0.4, 0.5) is 5.69 Å². The summed E-state index contributed by atoms with van der Waals surface area (Å²) in [6, 6.07) is 8.99. The maximum atomic E-state index is 4.79. The second kappa shape index (κ2) is 5.02. The monoisotopic (exact) mass is 310 g/mol. The van der Waals surface area contributed by atoms with Crippen molar-refractivity contribution in [3.05, 3.63) is 28.7 Å². The number of thioether (sulfide) groups is 1. The van der Waals surface area contributed by atoms with Gasteiger partial charge in [0.25, 0.3) is 0 Å². The number of nitrogens with zero attached hydrogens (tertiary/aromatic N) is 2. The minimum atomic E-state index is 0.755. The van der Waals surface area contributed by atoms with Crippen molar-refractivity contribution in [2.24, 2.45) is 4.99 Å². The Bertz CT molecular complexity index is 430. The van der Waals surface area contributed by atoms with Crippen LogP contribution in [0.1, 0.15) is 19.3 Å². The summed E-state index contributed by atoms with van der Waals surface area (Å²) in [5.41, 5.74) is 1.06. The molecule has 2 heterocycles. The molecular weight excluding hydrogens is 296 g/mol. The predicted octanol–water partition coefficient (Wildman–Crippen LogP) is 4.04. The maximum absolute atomic E-state index is 4.79. The third-order valence-electron chi connectivity index (χ3n) is 3.36. The Morgan fingerprint density at radius 3 is 2.88 bits per heavy atom. The zero-order valence-corrected chi connectivity index (χ0v) is 12.0. The SMILES string of the molecule is Brc1ccc(N=C2SCCC3CCCN23)cc1. The number of fused-ring (bicyclic) bond motifs is 1. The number of hydrogen-bond donors (Lipinski definition) is 0. The van der Waals surface area contributed by atoms with Gasteiger partial charge in [-0.15, -0.1) is 0 Å². The number of benzene rings is 1. The van der Waals surface area contributed by atoms with E-state index in [1.165, 1.54) is 36.7 Å². The Morgan fingerprint density at radius 1 is 1.24 bits per heavy atom. The first-order chi connectivity index (χ1) is 8.33. The average Bonchev–Trinajstić information content (AvgIpc) is 2.81. The second-order valence-corrected chi connectivity index (χ2v) is 6.48. The third kappa shape index (κ3) is 2.52. The van der Waals surface area contributed by atoms with Crippen LogP contribution in [0, 0.1) is 0 Å². The zero-order chi connectivity index (χ0) is 11.7. The highest BCUT2D eigenvalue weighted by molar-refractivity contribution is 9.10. The molecule has 0 bridgehead atoms. The molecule has 1 aromatic rings. The minimum absolute atomic E-state index is 0.755. The van der Waals surface area contributed by atoms with Crippen molar-refractivity contribution < 1.29 is 0 Å².